The molecule has 9 aromatic rings. The number of hydrogen-bond acceptors (Lipinski definition) is 3. The first-order valence-electron chi connectivity index (χ1n) is 17.1. The molecule has 1 N–H and O–H groups in total. The van der Waals surface area contributed by atoms with Crippen molar-refractivity contribution >= 4 is 77.6 Å². The minimum absolute atomic E-state index is 0.179. The predicted molar refractivity (Wildman–Crippen MR) is 215 cm³/mol. The molecular formula is C47H32N2S. The van der Waals surface area contributed by atoms with Gasteiger partial charge in [0.05, 0.1) is 11.4 Å². The Balaban J connectivity index is 1.09. The Bertz CT molecular complexity index is 2710. The maximum Gasteiger partial charge on any atom is 0.103 e. The Hall–Kier alpha value is -6.03. The Kier molecular flexibility index (Phi) is 6.85. The monoisotopic (exact) mass is 656 g/mol. The summed E-state index contributed by atoms with van der Waals surface area (Å²) in [5.41, 5.74) is 8.34. The van der Waals surface area contributed by atoms with Crippen molar-refractivity contribution in [3.05, 3.63) is 188 Å². The summed E-state index contributed by atoms with van der Waals surface area (Å²) in [7, 11) is 0. The van der Waals surface area contributed by atoms with Crippen LogP contribution in [0.25, 0.3) is 54.2 Å². The van der Waals surface area contributed by atoms with Crippen LogP contribution < -0.4 is 10.2 Å². The molecule has 50 heavy (non-hydrogen) atoms. The molecule has 1 aliphatic rings. The first-order chi connectivity index (χ1) is 24.8. The average molecular weight is 657 g/mol. The Morgan fingerprint density at radius 2 is 1.06 bits per heavy atom. The van der Waals surface area contributed by atoms with E-state index in [9.17, 15) is 0 Å². The minimum atomic E-state index is 0.179. The maximum atomic E-state index is 3.91. The lowest BCUT2D eigenvalue weighted by Crippen LogP contribution is -2.10. The highest BCUT2D eigenvalue weighted by atomic mass is 32.2. The summed E-state index contributed by atoms with van der Waals surface area (Å²) in [5.74, 6) is 0. The van der Waals surface area contributed by atoms with Crippen LogP contribution >= 0.6 is 11.8 Å². The lowest BCUT2D eigenvalue weighted by molar-refractivity contribution is 1.14. The van der Waals surface area contributed by atoms with Gasteiger partial charge in [-0.25, -0.2) is 0 Å². The van der Waals surface area contributed by atoms with E-state index in [0.717, 1.165) is 17.1 Å². The molecule has 0 saturated heterocycles. The SMILES string of the molecule is c1ccc(C2Nc3c(c4ccccc4c4ccc(-c5ccc(N(c6ccc7ccccc7c6)c6cccc7ccccc67)cc5)cc34)S2)cc1. The number of benzene rings is 9. The van der Waals surface area contributed by atoms with E-state index < -0.39 is 0 Å². The van der Waals surface area contributed by atoms with Gasteiger partial charge in [-0.1, -0.05) is 157 Å². The molecule has 3 heteroatoms. The molecule has 0 aromatic heterocycles. The summed E-state index contributed by atoms with van der Waals surface area (Å²) in [6.07, 6.45) is 0. The van der Waals surface area contributed by atoms with Gasteiger partial charge in [0.15, 0.2) is 0 Å². The fourth-order valence-electron chi connectivity index (χ4n) is 7.61. The molecule has 9 aromatic carbocycles. The topological polar surface area (TPSA) is 15.3 Å². The first-order valence-corrected chi connectivity index (χ1v) is 18.0. The molecule has 1 unspecified atom stereocenters. The highest BCUT2D eigenvalue weighted by molar-refractivity contribution is 8.00. The predicted octanol–water partition coefficient (Wildman–Crippen LogP) is 13.7. The molecule has 1 atom stereocenters. The Morgan fingerprint density at radius 1 is 0.420 bits per heavy atom. The largest absolute Gasteiger partial charge is 0.368 e. The van der Waals surface area contributed by atoms with Gasteiger partial charge in [-0.05, 0) is 85.4 Å². The van der Waals surface area contributed by atoms with Gasteiger partial charge in [0, 0.05) is 27.0 Å². The van der Waals surface area contributed by atoms with Crippen LogP contribution in [0, 0.1) is 0 Å². The number of fused-ring (bicyclic) bond motifs is 8. The normalized spacial score (nSPS) is 13.9. The molecule has 1 aliphatic heterocycles. The van der Waals surface area contributed by atoms with Gasteiger partial charge in [-0.15, -0.1) is 0 Å². The van der Waals surface area contributed by atoms with Gasteiger partial charge in [-0.2, -0.15) is 0 Å². The molecule has 0 amide bonds. The third-order valence-electron chi connectivity index (χ3n) is 10.0. The maximum absolute atomic E-state index is 3.91. The highest BCUT2D eigenvalue weighted by Gasteiger charge is 2.27. The minimum Gasteiger partial charge on any atom is -0.368 e. The second kappa shape index (κ2) is 11.8. The van der Waals surface area contributed by atoms with Crippen molar-refractivity contribution in [2.75, 3.05) is 10.2 Å². The summed E-state index contributed by atoms with van der Waals surface area (Å²) in [5, 5.41) is 14.2. The summed E-state index contributed by atoms with van der Waals surface area (Å²) in [4.78, 5) is 3.72. The molecule has 0 bridgehead atoms. The summed E-state index contributed by atoms with van der Waals surface area (Å²) in [6.45, 7) is 0. The van der Waals surface area contributed by atoms with Crippen molar-refractivity contribution in [3.8, 4) is 11.1 Å². The smallest absolute Gasteiger partial charge is 0.103 e. The summed E-state index contributed by atoms with van der Waals surface area (Å²) in [6, 6.07) is 66.2. The van der Waals surface area contributed by atoms with E-state index in [4.69, 9.17) is 0 Å². The third-order valence-corrected chi connectivity index (χ3v) is 11.3. The van der Waals surface area contributed by atoms with E-state index >= 15 is 0 Å². The number of hydrogen-bond donors (Lipinski definition) is 1. The van der Waals surface area contributed by atoms with Crippen LogP contribution in [0.3, 0.4) is 0 Å². The van der Waals surface area contributed by atoms with E-state index in [1.54, 1.807) is 0 Å². The van der Waals surface area contributed by atoms with Crippen LogP contribution in [-0.4, -0.2) is 0 Å². The molecule has 0 spiro atoms. The van der Waals surface area contributed by atoms with Crippen LogP contribution in [0.5, 0.6) is 0 Å². The van der Waals surface area contributed by atoms with Crippen LogP contribution in [0.1, 0.15) is 10.9 Å². The number of nitrogens with zero attached hydrogens (tertiary/aromatic N) is 1. The standard InChI is InChI=1S/C47H32N2S/c1-2-13-34(14-3-1)47-48-45-43-30-36(24-28-41(43)40-18-8-9-19-42(40)46(45)50-47)32-21-25-37(26-22-32)49(38-27-23-31-11-4-5-15-35(31)29-38)44-20-10-16-33-12-6-7-17-39(33)44/h1-30,47-48H. The molecule has 2 nitrogen and oxygen atoms in total. The quantitative estimate of drug-likeness (QED) is 0.186. The molecule has 0 radical (unpaired) electrons. The van der Waals surface area contributed by atoms with Gasteiger partial charge < -0.3 is 10.2 Å². The van der Waals surface area contributed by atoms with E-state index in [1.165, 1.54) is 70.4 Å². The van der Waals surface area contributed by atoms with Gasteiger partial charge in [0.25, 0.3) is 0 Å². The Labute approximate surface area is 295 Å². The van der Waals surface area contributed by atoms with E-state index in [0.29, 0.717) is 0 Å². The van der Waals surface area contributed by atoms with Crippen LogP contribution in [0.15, 0.2) is 187 Å². The van der Waals surface area contributed by atoms with Gasteiger partial charge in [-0.3, -0.25) is 0 Å². The highest BCUT2D eigenvalue weighted by Crippen LogP contribution is 2.53. The van der Waals surface area contributed by atoms with Crippen molar-refractivity contribution in [3.63, 3.8) is 0 Å². The molecule has 1 heterocycles. The lowest BCUT2D eigenvalue weighted by atomic mass is 9.95. The van der Waals surface area contributed by atoms with Gasteiger partial charge in [0.1, 0.15) is 5.37 Å². The average Bonchev–Trinajstić information content (AvgIpc) is 3.65. The molecule has 0 saturated carbocycles. The van der Waals surface area contributed by atoms with Gasteiger partial charge >= 0.3 is 0 Å². The Morgan fingerprint density at radius 3 is 1.90 bits per heavy atom. The van der Waals surface area contributed by atoms with Crippen LogP contribution in [0.4, 0.5) is 22.7 Å². The van der Waals surface area contributed by atoms with Crippen molar-refractivity contribution in [2.45, 2.75) is 10.3 Å². The van der Waals surface area contributed by atoms with Crippen molar-refractivity contribution in [2.24, 2.45) is 0 Å². The second-order valence-electron chi connectivity index (χ2n) is 13.0. The second-order valence-corrected chi connectivity index (χ2v) is 14.1. The number of thioether (sulfide) groups is 1. The zero-order valence-electron chi connectivity index (χ0n) is 27.3. The van der Waals surface area contributed by atoms with E-state index in [-0.39, 0.29) is 5.37 Å². The lowest BCUT2D eigenvalue weighted by Gasteiger charge is -2.27. The van der Waals surface area contributed by atoms with Crippen molar-refractivity contribution in [1.82, 2.24) is 0 Å². The molecule has 10 rings (SSSR count). The molecular weight excluding hydrogens is 625 g/mol. The zero-order chi connectivity index (χ0) is 33.0. The van der Waals surface area contributed by atoms with Crippen molar-refractivity contribution < 1.29 is 0 Å². The van der Waals surface area contributed by atoms with E-state index in [2.05, 4.69) is 192 Å². The number of nitrogens with one attached hydrogen (secondary N) is 1. The van der Waals surface area contributed by atoms with Crippen LogP contribution in [0.2, 0.25) is 0 Å². The number of anilines is 4. The third kappa shape index (κ3) is 4.81. The summed E-state index contributed by atoms with van der Waals surface area (Å²) < 4.78 is 0. The molecule has 0 fully saturated rings. The fourth-order valence-corrected chi connectivity index (χ4v) is 8.91. The summed E-state index contributed by atoms with van der Waals surface area (Å²) >= 11 is 1.92. The van der Waals surface area contributed by atoms with Crippen molar-refractivity contribution in [1.29, 1.82) is 0 Å². The van der Waals surface area contributed by atoms with Gasteiger partial charge in [0.2, 0.25) is 0 Å². The first kappa shape index (κ1) is 28.9. The zero-order valence-corrected chi connectivity index (χ0v) is 28.1. The van der Waals surface area contributed by atoms with E-state index in [1.807, 2.05) is 11.8 Å². The fraction of sp³-hybridized carbons (Fsp3) is 0.0213. The van der Waals surface area contributed by atoms with Crippen LogP contribution in [-0.2, 0) is 0 Å². The number of rotatable bonds is 5. The molecule has 236 valence electrons. The molecule has 0 aliphatic carbocycles.